The number of amides is 1. The van der Waals surface area contributed by atoms with Gasteiger partial charge in [-0.1, -0.05) is 19.8 Å². The highest BCUT2D eigenvalue weighted by Gasteiger charge is 2.35. The van der Waals surface area contributed by atoms with Gasteiger partial charge in [-0.3, -0.25) is 4.79 Å². The van der Waals surface area contributed by atoms with Gasteiger partial charge in [-0.05, 0) is 42.5 Å². The summed E-state index contributed by atoms with van der Waals surface area (Å²) < 4.78 is 5.49. The lowest BCUT2D eigenvalue weighted by atomic mass is 9.76. The van der Waals surface area contributed by atoms with Crippen LogP contribution in [0.4, 0.5) is 0 Å². The van der Waals surface area contributed by atoms with Crippen LogP contribution in [-0.4, -0.2) is 24.6 Å². The minimum Gasteiger partial charge on any atom is -0.493 e. The number of rotatable bonds is 3. The monoisotopic (exact) mass is 288 g/mol. The topological polar surface area (TPSA) is 64.3 Å². The Bertz CT molecular complexity index is 544. The Morgan fingerprint density at radius 1 is 1.52 bits per heavy atom. The number of hydrogen-bond donors (Lipinski definition) is 2. The van der Waals surface area contributed by atoms with E-state index in [0.717, 1.165) is 37.0 Å². The number of nitrogens with two attached hydrogens (primary N) is 1. The molecule has 0 radical (unpaired) electrons. The van der Waals surface area contributed by atoms with Crippen LogP contribution in [0.3, 0.4) is 0 Å². The van der Waals surface area contributed by atoms with E-state index in [9.17, 15) is 4.79 Å². The van der Waals surface area contributed by atoms with Gasteiger partial charge in [0.25, 0.3) is 5.91 Å². The SMILES string of the molecule is CC1CCCC(CN)(NC(=O)c2ccc3c(c2)CCO3)C1. The highest BCUT2D eigenvalue weighted by atomic mass is 16.5. The maximum atomic E-state index is 12.6. The highest BCUT2D eigenvalue weighted by molar-refractivity contribution is 5.95. The average molecular weight is 288 g/mol. The summed E-state index contributed by atoms with van der Waals surface area (Å²) in [5.41, 5.74) is 7.59. The quantitative estimate of drug-likeness (QED) is 0.896. The van der Waals surface area contributed by atoms with Crippen LogP contribution in [0.25, 0.3) is 0 Å². The van der Waals surface area contributed by atoms with Crippen LogP contribution >= 0.6 is 0 Å². The first-order chi connectivity index (χ1) is 10.1. The minimum absolute atomic E-state index is 0.00995. The van der Waals surface area contributed by atoms with Crippen LogP contribution in [0.2, 0.25) is 0 Å². The van der Waals surface area contributed by atoms with Gasteiger partial charge in [0, 0.05) is 18.5 Å². The summed E-state index contributed by atoms with van der Waals surface area (Å²) in [5.74, 6) is 1.52. The average Bonchev–Trinajstić information content (AvgIpc) is 2.94. The molecule has 1 heterocycles. The third kappa shape index (κ3) is 2.91. The summed E-state index contributed by atoms with van der Waals surface area (Å²) in [5, 5.41) is 3.22. The molecule has 0 saturated heterocycles. The first-order valence-electron chi connectivity index (χ1n) is 7.90. The molecule has 0 bridgehead atoms. The second-order valence-corrected chi connectivity index (χ2v) is 6.56. The number of benzene rings is 1. The van der Waals surface area contributed by atoms with Crippen molar-refractivity contribution >= 4 is 5.91 Å². The minimum atomic E-state index is -0.232. The second kappa shape index (κ2) is 5.68. The zero-order valence-corrected chi connectivity index (χ0v) is 12.7. The first kappa shape index (κ1) is 14.4. The molecule has 1 amide bonds. The summed E-state index contributed by atoms with van der Waals surface area (Å²) in [6.07, 6.45) is 5.21. The zero-order chi connectivity index (χ0) is 14.9. The van der Waals surface area contributed by atoms with E-state index in [2.05, 4.69) is 12.2 Å². The molecular formula is C17H24N2O2. The molecule has 4 nitrogen and oxygen atoms in total. The van der Waals surface area contributed by atoms with Gasteiger partial charge in [-0.15, -0.1) is 0 Å². The Morgan fingerprint density at radius 2 is 2.38 bits per heavy atom. The number of fused-ring (bicyclic) bond motifs is 1. The summed E-state index contributed by atoms with van der Waals surface area (Å²) in [4.78, 5) is 12.6. The number of hydrogen-bond acceptors (Lipinski definition) is 3. The van der Waals surface area contributed by atoms with E-state index < -0.39 is 0 Å². The van der Waals surface area contributed by atoms with Crippen molar-refractivity contribution in [2.45, 2.75) is 44.6 Å². The summed E-state index contributed by atoms with van der Waals surface area (Å²) in [7, 11) is 0. The highest BCUT2D eigenvalue weighted by Crippen LogP contribution is 2.32. The fraction of sp³-hybridized carbons (Fsp3) is 0.588. The number of ether oxygens (including phenoxy) is 1. The lowest BCUT2D eigenvalue weighted by Crippen LogP contribution is -2.56. The third-order valence-electron chi connectivity index (χ3n) is 4.81. The maximum Gasteiger partial charge on any atom is 0.251 e. The van der Waals surface area contributed by atoms with E-state index in [0.29, 0.717) is 24.6 Å². The second-order valence-electron chi connectivity index (χ2n) is 6.56. The summed E-state index contributed by atoms with van der Waals surface area (Å²) >= 11 is 0. The standard InChI is InChI=1S/C17H24N2O2/c1-12-3-2-7-17(10-12,11-18)19-16(20)14-4-5-15-13(9-14)6-8-21-15/h4-5,9,12H,2-3,6-8,10-11,18H2,1H3,(H,19,20). The lowest BCUT2D eigenvalue weighted by Gasteiger charge is -2.40. The Kier molecular flexibility index (Phi) is 3.89. The molecule has 1 fully saturated rings. The fourth-order valence-corrected chi connectivity index (χ4v) is 3.65. The largest absolute Gasteiger partial charge is 0.493 e. The fourth-order valence-electron chi connectivity index (χ4n) is 3.65. The van der Waals surface area contributed by atoms with Crippen molar-refractivity contribution in [2.24, 2.45) is 11.7 Å². The van der Waals surface area contributed by atoms with Gasteiger partial charge in [0.1, 0.15) is 5.75 Å². The molecule has 1 aromatic carbocycles. The van der Waals surface area contributed by atoms with Crippen LogP contribution in [0, 0.1) is 5.92 Å². The van der Waals surface area contributed by atoms with E-state index in [1.165, 1.54) is 6.42 Å². The van der Waals surface area contributed by atoms with Crippen LogP contribution < -0.4 is 15.8 Å². The van der Waals surface area contributed by atoms with E-state index in [4.69, 9.17) is 10.5 Å². The molecule has 3 rings (SSSR count). The number of carbonyl (C=O) groups excluding carboxylic acids is 1. The van der Waals surface area contributed by atoms with Crippen LogP contribution in [0.1, 0.15) is 48.5 Å². The zero-order valence-electron chi connectivity index (χ0n) is 12.7. The van der Waals surface area contributed by atoms with E-state index >= 15 is 0 Å². The predicted octanol–water partition coefficient (Wildman–Crippen LogP) is 2.26. The Balaban J connectivity index is 1.75. The van der Waals surface area contributed by atoms with Crippen molar-refractivity contribution in [2.75, 3.05) is 13.2 Å². The van der Waals surface area contributed by atoms with Crippen molar-refractivity contribution in [3.63, 3.8) is 0 Å². The van der Waals surface area contributed by atoms with Crippen molar-refractivity contribution in [1.82, 2.24) is 5.32 Å². The normalized spacial score (nSPS) is 27.8. The van der Waals surface area contributed by atoms with E-state index in [1.807, 2.05) is 18.2 Å². The van der Waals surface area contributed by atoms with Gasteiger partial charge in [0.15, 0.2) is 0 Å². The molecule has 3 N–H and O–H groups in total. The third-order valence-corrected chi connectivity index (χ3v) is 4.81. The van der Waals surface area contributed by atoms with Crippen molar-refractivity contribution in [1.29, 1.82) is 0 Å². The molecule has 1 aliphatic heterocycles. The molecule has 1 aliphatic carbocycles. The van der Waals surface area contributed by atoms with Gasteiger partial charge in [0.05, 0.1) is 12.1 Å². The summed E-state index contributed by atoms with van der Waals surface area (Å²) in [6, 6.07) is 5.69. The Labute approximate surface area is 126 Å². The smallest absolute Gasteiger partial charge is 0.251 e. The molecule has 2 unspecified atom stereocenters. The molecule has 1 saturated carbocycles. The maximum absolute atomic E-state index is 12.6. The van der Waals surface area contributed by atoms with E-state index in [-0.39, 0.29) is 11.4 Å². The van der Waals surface area contributed by atoms with Gasteiger partial charge >= 0.3 is 0 Å². The van der Waals surface area contributed by atoms with Gasteiger partial charge in [0.2, 0.25) is 0 Å². The molecular weight excluding hydrogens is 264 g/mol. The molecule has 2 aliphatic rings. The van der Waals surface area contributed by atoms with Gasteiger partial charge in [-0.2, -0.15) is 0 Å². The van der Waals surface area contributed by atoms with Gasteiger partial charge in [-0.25, -0.2) is 0 Å². The molecule has 0 aromatic heterocycles. The lowest BCUT2D eigenvalue weighted by molar-refractivity contribution is 0.0854. The van der Waals surface area contributed by atoms with Gasteiger partial charge < -0.3 is 15.8 Å². The predicted molar refractivity (Wildman–Crippen MR) is 82.5 cm³/mol. The molecule has 2 atom stereocenters. The molecule has 1 aromatic rings. The summed E-state index contributed by atoms with van der Waals surface area (Å²) in [6.45, 7) is 3.46. The van der Waals surface area contributed by atoms with Crippen molar-refractivity contribution in [3.8, 4) is 5.75 Å². The van der Waals surface area contributed by atoms with Crippen LogP contribution in [0.5, 0.6) is 5.75 Å². The molecule has 114 valence electrons. The van der Waals surface area contributed by atoms with Crippen molar-refractivity contribution in [3.05, 3.63) is 29.3 Å². The Morgan fingerprint density at radius 3 is 3.14 bits per heavy atom. The first-order valence-corrected chi connectivity index (χ1v) is 7.90. The number of nitrogens with one attached hydrogen (secondary N) is 1. The molecule has 0 spiro atoms. The molecule has 21 heavy (non-hydrogen) atoms. The van der Waals surface area contributed by atoms with Crippen LogP contribution in [-0.2, 0) is 6.42 Å². The number of carbonyl (C=O) groups is 1. The van der Waals surface area contributed by atoms with E-state index in [1.54, 1.807) is 0 Å². The molecule has 4 heteroatoms. The van der Waals surface area contributed by atoms with Crippen molar-refractivity contribution < 1.29 is 9.53 Å². The van der Waals surface area contributed by atoms with Crippen LogP contribution in [0.15, 0.2) is 18.2 Å². The Hall–Kier alpha value is -1.55.